The molecule has 9 nitrogen and oxygen atoms in total. The summed E-state index contributed by atoms with van der Waals surface area (Å²) >= 11 is 12.9. The molecule has 0 unspecified atom stereocenters. The first-order valence-electron chi connectivity index (χ1n) is 15.4. The Hall–Kier alpha value is -3.15. The molecule has 5 rings (SSSR count). The van der Waals surface area contributed by atoms with E-state index in [0.29, 0.717) is 47.8 Å². The molecule has 0 spiro atoms. The van der Waals surface area contributed by atoms with Crippen molar-refractivity contribution in [2.24, 2.45) is 4.99 Å². The van der Waals surface area contributed by atoms with Crippen LogP contribution in [0.15, 0.2) is 82.7 Å². The molecule has 1 aliphatic heterocycles. The van der Waals surface area contributed by atoms with Crippen LogP contribution in [0.5, 0.6) is 5.75 Å². The maximum atomic E-state index is 14.4. The number of carbonyl (C=O) groups is 1. The van der Waals surface area contributed by atoms with Crippen molar-refractivity contribution >= 4 is 44.8 Å². The third kappa shape index (κ3) is 7.86. The second-order valence-electron chi connectivity index (χ2n) is 11.8. The van der Waals surface area contributed by atoms with Gasteiger partial charge in [-0.3, -0.25) is 4.79 Å². The average molecular weight is 690 g/mol. The van der Waals surface area contributed by atoms with Crippen molar-refractivity contribution in [3.63, 3.8) is 0 Å². The number of nitrogens with one attached hydrogen (secondary N) is 1. The van der Waals surface area contributed by atoms with Crippen LogP contribution in [-0.2, 0) is 19.4 Å². The van der Waals surface area contributed by atoms with E-state index in [1.807, 2.05) is 0 Å². The van der Waals surface area contributed by atoms with Gasteiger partial charge in [0, 0.05) is 47.2 Å². The molecule has 46 heavy (non-hydrogen) atoms. The second kappa shape index (κ2) is 14.7. The Balaban J connectivity index is 1.55. The molecule has 2 aliphatic rings. The summed E-state index contributed by atoms with van der Waals surface area (Å²) in [5.74, 6) is -0.285. The predicted octanol–water partition coefficient (Wildman–Crippen LogP) is 5.69. The predicted molar refractivity (Wildman–Crippen MR) is 177 cm³/mol. The lowest BCUT2D eigenvalue weighted by Crippen LogP contribution is -2.53. The molecule has 1 fully saturated rings. The van der Waals surface area contributed by atoms with Crippen LogP contribution in [0.1, 0.15) is 62.2 Å². The summed E-state index contributed by atoms with van der Waals surface area (Å²) < 4.78 is 39.2. The van der Waals surface area contributed by atoms with Gasteiger partial charge in [-0.2, -0.15) is 0 Å². The van der Waals surface area contributed by atoms with Crippen LogP contribution in [-0.4, -0.2) is 67.1 Å². The van der Waals surface area contributed by atoms with Gasteiger partial charge in [0.25, 0.3) is 5.91 Å². The topological polar surface area (TPSA) is 135 Å². The van der Waals surface area contributed by atoms with E-state index in [1.165, 1.54) is 18.2 Å². The van der Waals surface area contributed by atoms with Crippen LogP contribution < -0.4 is 10.1 Å². The van der Waals surface area contributed by atoms with Crippen molar-refractivity contribution in [2.75, 3.05) is 25.5 Å². The fourth-order valence-corrected chi connectivity index (χ4v) is 7.78. The average Bonchev–Trinajstić information content (AvgIpc) is 3.44. The van der Waals surface area contributed by atoms with E-state index in [1.54, 1.807) is 54.6 Å². The van der Waals surface area contributed by atoms with Crippen LogP contribution in [0.25, 0.3) is 0 Å². The number of amides is 1. The highest BCUT2D eigenvalue weighted by Crippen LogP contribution is 2.45. The minimum Gasteiger partial charge on any atom is -0.494 e. The first-order valence-corrected chi connectivity index (χ1v) is 17.8. The Morgan fingerprint density at radius 3 is 2.41 bits per heavy atom. The molecule has 1 amide bonds. The number of sulfone groups is 1. The van der Waals surface area contributed by atoms with Gasteiger partial charge in [0.2, 0.25) is 5.90 Å². The molecule has 1 heterocycles. The van der Waals surface area contributed by atoms with Gasteiger partial charge < -0.3 is 25.0 Å². The smallest absolute Gasteiger partial charge is 0.252 e. The Kier molecular flexibility index (Phi) is 11.0. The zero-order valence-corrected chi connectivity index (χ0v) is 27.7. The first-order chi connectivity index (χ1) is 22.1. The molecule has 3 aromatic carbocycles. The number of halogens is 2. The van der Waals surface area contributed by atoms with Gasteiger partial charge in [-0.05, 0) is 61.4 Å². The molecule has 0 radical (unpaired) electrons. The largest absolute Gasteiger partial charge is 0.494 e. The van der Waals surface area contributed by atoms with Crippen LogP contribution in [0.2, 0.25) is 10.0 Å². The maximum absolute atomic E-state index is 14.4. The molecular formula is C34H38Cl2N2O7S. The number of aliphatic imine (C=N–C) groups is 1. The summed E-state index contributed by atoms with van der Waals surface area (Å²) in [7, 11) is -3.83. The number of hydrogen-bond acceptors (Lipinski definition) is 8. The number of aliphatic hydroxyl groups is 2. The molecule has 0 aromatic heterocycles. The standard InChI is InChI=1S/C34H38Cl2N2O7S/c35-25-12-15-28(29(36)22-25)30-34(18-21-46(42,43)27-8-3-1-4-9-27,32(40)37-23-33(41)16-5-2-6-17-33)38-31(45-30)24-10-13-26(14-11-24)44-20-7-19-39/h1,3-4,8-15,22,30,39,41H,2,5-7,16-21,23H2,(H,37,40)/t30-,34-/m1/s1. The summed E-state index contributed by atoms with van der Waals surface area (Å²) in [6.45, 7) is 0.347. The van der Waals surface area contributed by atoms with E-state index in [0.717, 1.165) is 19.3 Å². The lowest BCUT2D eigenvalue weighted by molar-refractivity contribution is -0.130. The monoisotopic (exact) mass is 688 g/mol. The first kappa shape index (κ1) is 34.2. The fraction of sp³-hybridized carbons (Fsp3) is 0.412. The Bertz CT molecular complexity index is 1650. The van der Waals surface area contributed by atoms with Crippen molar-refractivity contribution in [1.82, 2.24) is 5.32 Å². The summed E-state index contributed by atoms with van der Waals surface area (Å²) in [6, 6.07) is 19.7. The molecule has 3 N–H and O–H groups in total. The summed E-state index contributed by atoms with van der Waals surface area (Å²) in [6.07, 6.45) is 2.95. The van der Waals surface area contributed by atoms with Gasteiger partial charge in [-0.25, -0.2) is 13.4 Å². The fourth-order valence-electron chi connectivity index (χ4n) is 5.88. The molecule has 0 bridgehead atoms. The van der Waals surface area contributed by atoms with E-state index in [9.17, 15) is 18.3 Å². The SMILES string of the molecule is O=C(NCC1(O)CCCCC1)[C@]1(CCS(=O)(=O)c2ccccc2)N=C(c2ccc(OCCCO)cc2)O[C@@H]1c1ccc(Cl)cc1Cl. The number of hydrogen-bond donors (Lipinski definition) is 3. The van der Waals surface area contributed by atoms with Gasteiger partial charge in [-0.15, -0.1) is 0 Å². The summed E-state index contributed by atoms with van der Waals surface area (Å²) in [5, 5.41) is 23.8. The molecule has 246 valence electrons. The van der Waals surface area contributed by atoms with E-state index >= 15 is 0 Å². The third-order valence-electron chi connectivity index (χ3n) is 8.49. The van der Waals surface area contributed by atoms with E-state index in [-0.39, 0.29) is 35.4 Å². The quantitative estimate of drug-likeness (QED) is 0.197. The highest BCUT2D eigenvalue weighted by molar-refractivity contribution is 7.91. The maximum Gasteiger partial charge on any atom is 0.252 e. The van der Waals surface area contributed by atoms with E-state index in [2.05, 4.69) is 5.32 Å². The van der Waals surface area contributed by atoms with Crippen molar-refractivity contribution < 1.29 is 32.9 Å². The van der Waals surface area contributed by atoms with Gasteiger partial charge in [0.15, 0.2) is 21.5 Å². The number of aliphatic hydroxyl groups excluding tert-OH is 1. The lowest BCUT2D eigenvalue weighted by atomic mass is 9.83. The molecule has 0 saturated heterocycles. The second-order valence-corrected chi connectivity index (χ2v) is 14.8. The zero-order chi connectivity index (χ0) is 32.8. The zero-order valence-electron chi connectivity index (χ0n) is 25.3. The minimum atomic E-state index is -3.83. The van der Waals surface area contributed by atoms with E-state index < -0.39 is 38.7 Å². The van der Waals surface area contributed by atoms with Crippen LogP contribution in [0, 0.1) is 0 Å². The number of nitrogens with zero attached hydrogens (tertiary/aromatic N) is 1. The third-order valence-corrected chi connectivity index (χ3v) is 10.8. The lowest BCUT2D eigenvalue weighted by Gasteiger charge is -2.35. The van der Waals surface area contributed by atoms with Crippen LogP contribution in [0.4, 0.5) is 0 Å². The van der Waals surface area contributed by atoms with Crippen molar-refractivity contribution in [3.8, 4) is 5.75 Å². The van der Waals surface area contributed by atoms with E-state index in [4.69, 9.17) is 42.8 Å². The van der Waals surface area contributed by atoms with Crippen molar-refractivity contribution in [1.29, 1.82) is 0 Å². The van der Waals surface area contributed by atoms with Gasteiger partial charge in [-0.1, -0.05) is 66.7 Å². The number of benzene rings is 3. The minimum absolute atomic E-state index is 0.00911. The summed E-state index contributed by atoms with van der Waals surface area (Å²) in [4.78, 5) is 19.4. The normalized spacial score (nSPS) is 20.9. The Morgan fingerprint density at radius 2 is 1.74 bits per heavy atom. The molecular weight excluding hydrogens is 651 g/mol. The highest BCUT2D eigenvalue weighted by atomic mass is 35.5. The van der Waals surface area contributed by atoms with Gasteiger partial charge in [0.05, 0.1) is 22.9 Å². The van der Waals surface area contributed by atoms with Crippen molar-refractivity contribution in [2.45, 2.75) is 67.1 Å². The number of rotatable bonds is 13. The molecule has 12 heteroatoms. The van der Waals surface area contributed by atoms with Gasteiger partial charge >= 0.3 is 0 Å². The Morgan fingerprint density at radius 1 is 1.02 bits per heavy atom. The molecule has 2 atom stereocenters. The van der Waals surface area contributed by atoms with Crippen molar-refractivity contribution in [3.05, 3.63) is 94.0 Å². The highest BCUT2D eigenvalue weighted by Gasteiger charge is 2.54. The molecule has 1 saturated carbocycles. The molecule has 1 aliphatic carbocycles. The number of ether oxygens (including phenoxy) is 2. The number of carbonyl (C=O) groups excluding carboxylic acids is 1. The van der Waals surface area contributed by atoms with Crippen LogP contribution >= 0.6 is 23.2 Å². The van der Waals surface area contributed by atoms with Crippen LogP contribution in [0.3, 0.4) is 0 Å². The summed E-state index contributed by atoms with van der Waals surface area (Å²) in [5.41, 5.74) is -1.89. The Labute approximate surface area is 279 Å². The van der Waals surface area contributed by atoms with Gasteiger partial charge in [0.1, 0.15) is 5.75 Å². The molecule has 3 aromatic rings.